The van der Waals surface area contributed by atoms with E-state index in [1.165, 1.54) is 11.6 Å². The second-order valence-corrected chi connectivity index (χ2v) is 4.36. The molecule has 0 spiro atoms. The van der Waals surface area contributed by atoms with Gasteiger partial charge in [0.25, 0.3) is 0 Å². The zero-order valence-electron chi connectivity index (χ0n) is 12.2. The minimum Gasteiger partial charge on any atom is -0.463 e. The maximum Gasteiger partial charge on any atom is 0.330 e. The van der Waals surface area contributed by atoms with E-state index in [1.807, 2.05) is 43.3 Å². The summed E-state index contributed by atoms with van der Waals surface area (Å²) in [5.74, 6) is -0.305. The molecule has 0 fully saturated rings. The van der Waals surface area contributed by atoms with Crippen molar-refractivity contribution in [1.29, 1.82) is 0 Å². The Morgan fingerprint density at radius 2 is 1.95 bits per heavy atom. The van der Waals surface area contributed by atoms with Crippen LogP contribution in [0.4, 0.5) is 0 Å². The molecule has 1 aromatic rings. The number of hydrogen-bond donors (Lipinski definition) is 0. The van der Waals surface area contributed by atoms with Gasteiger partial charge in [-0.05, 0) is 25.8 Å². The van der Waals surface area contributed by atoms with Gasteiger partial charge in [-0.3, -0.25) is 0 Å². The summed E-state index contributed by atoms with van der Waals surface area (Å²) in [6, 6.07) is 10.1. The zero-order chi connectivity index (χ0) is 14.6. The normalized spacial score (nSPS) is 11.8. The van der Waals surface area contributed by atoms with Crippen molar-refractivity contribution in [2.45, 2.75) is 26.9 Å². The van der Waals surface area contributed by atoms with Crippen LogP contribution < -0.4 is 0 Å². The summed E-state index contributed by atoms with van der Waals surface area (Å²) in [5.41, 5.74) is 2.21. The molecule has 0 aliphatic heterocycles. The second kappa shape index (κ2) is 9.98. The van der Waals surface area contributed by atoms with Gasteiger partial charge in [-0.1, -0.05) is 48.1 Å². The van der Waals surface area contributed by atoms with Crippen LogP contribution in [-0.4, -0.2) is 19.2 Å². The van der Waals surface area contributed by atoms with Gasteiger partial charge in [0.1, 0.15) is 0 Å². The fourth-order valence-electron chi connectivity index (χ4n) is 1.59. The van der Waals surface area contributed by atoms with Gasteiger partial charge in [-0.25, -0.2) is 4.79 Å². The number of benzene rings is 1. The molecule has 3 nitrogen and oxygen atoms in total. The number of esters is 1. The summed E-state index contributed by atoms with van der Waals surface area (Å²) in [6.07, 6.45) is 6.07. The van der Waals surface area contributed by atoms with E-state index in [1.54, 1.807) is 13.0 Å². The number of hydrogen-bond acceptors (Lipinski definition) is 3. The highest BCUT2D eigenvalue weighted by atomic mass is 16.5. The molecule has 0 heterocycles. The summed E-state index contributed by atoms with van der Waals surface area (Å²) < 4.78 is 10.4. The van der Waals surface area contributed by atoms with E-state index in [0.717, 1.165) is 12.0 Å². The molecule has 0 saturated heterocycles. The molecule has 0 N–H and O–H groups in total. The Hall–Kier alpha value is -1.87. The van der Waals surface area contributed by atoms with E-state index in [2.05, 4.69) is 0 Å². The van der Waals surface area contributed by atoms with Crippen LogP contribution in [0.25, 0.3) is 0 Å². The number of rotatable bonds is 8. The Bertz CT molecular complexity index is 447. The van der Waals surface area contributed by atoms with Crippen LogP contribution in [0, 0.1) is 0 Å². The number of carbonyl (C=O) groups excluding carboxylic acids is 1. The fraction of sp³-hybridized carbons (Fsp3) is 0.353. The van der Waals surface area contributed by atoms with Crippen molar-refractivity contribution in [2.75, 3.05) is 13.2 Å². The molecule has 0 saturated carbocycles. The maximum absolute atomic E-state index is 11.1. The molecular weight excluding hydrogens is 252 g/mol. The molecule has 0 amide bonds. The van der Waals surface area contributed by atoms with E-state index < -0.39 is 0 Å². The van der Waals surface area contributed by atoms with Crippen LogP contribution >= 0.6 is 0 Å². The van der Waals surface area contributed by atoms with Crippen molar-refractivity contribution in [3.8, 4) is 0 Å². The summed E-state index contributed by atoms with van der Waals surface area (Å²) >= 11 is 0. The lowest BCUT2D eigenvalue weighted by atomic mass is 10.2. The lowest BCUT2D eigenvalue weighted by molar-refractivity contribution is -0.137. The summed E-state index contributed by atoms with van der Waals surface area (Å²) in [5, 5.41) is 0. The molecule has 0 radical (unpaired) electrons. The topological polar surface area (TPSA) is 35.5 Å². The lowest BCUT2D eigenvalue weighted by Crippen LogP contribution is -1.98. The molecule has 3 heteroatoms. The van der Waals surface area contributed by atoms with Gasteiger partial charge < -0.3 is 9.47 Å². The van der Waals surface area contributed by atoms with E-state index in [4.69, 9.17) is 9.47 Å². The minimum absolute atomic E-state index is 0.305. The molecular formula is C17H22O3. The Morgan fingerprint density at radius 3 is 2.65 bits per heavy atom. The van der Waals surface area contributed by atoms with Crippen molar-refractivity contribution in [2.24, 2.45) is 0 Å². The first kappa shape index (κ1) is 16.2. The third-order valence-corrected chi connectivity index (χ3v) is 2.61. The molecule has 0 bridgehead atoms. The third-order valence-electron chi connectivity index (χ3n) is 2.61. The minimum atomic E-state index is -0.305. The second-order valence-electron chi connectivity index (χ2n) is 4.36. The third kappa shape index (κ3) is 7.54. The van der Waals surface area contributed by atoms with Crippen LogP contribution in [0.1, 0.15) is 25.8 Å². The van der Waals surface area contributed by atoms with E-state index in [0.29, 0.717) is 19.8 Å². The van der Waals surface area contributed by atoms with Crippen molar-refractivity contribution in [1.82, 2.24) is 0 Å². The molecule has 0 aliphatic carbocycles. The van der Waals surface area contributed by atoms with Gasteiger partial charge in [-0.2, -0.15) is 0 Å². The SMILES string of the molecule is CCOC(=O)/C=C/C(C)=C/CCOCc1ccccc1. The predicted octanol–water partition coefficient (Wildman–Crippen LogP) is 3.66. The molecule has 1 rings (SSSR count). The largest absolute Gasteiger partial charge is 0.463 e. The van der Waals surface area contributed by atoms with E-state index in [-0.39, 0.29) is 5.97 Å². The molecule has 0 aliphatic rings. The smallest absolute Gasteiger partial charge is 0.330 e. The van der Waals surface area contributed by atoms with Gasteiger partial charge in [0.2, 0.25) is 0 Å². The first-order chi connectivity index (χ1) is 9.72. The molecule has 0 atom stereocenters. The zero-order valence-corrected chi connectivity index (χ0v) is 12.2. The summed E-state index contributed by atoms with van der Waals surface area (Å²) in [6.45, 7) is 5.44. The molecule has 0 aromatic heterocycles. The monoisotopic (exact) mass is 274 g/mol. The first-order valence-corrected chi connectivity index (χ1v) is 6.85. The van der Waals surface area contributed by atoms with E-state index >= 15 is 0 Å². The molecule has 20 heavy (non-hydrogen) atoms. The quantitative estimate of drug-likeness (QED) is 0.314. The number of ether oxygens (including phenoxy) is 2. The van der Waals surface area contributed by atoms with Crippen LogP contribution in [0.5, 0.6) is 0 Å². The molecule has 0 unspecified atom stereocenters. The number of allylic oxidation sites excluding steroid dienone is 2. The summed E-state index contributed by atoms with van der Waals surface area (Å²) in [7, 11) is 0. The Labute approximate surface area is 120 Å². The van der Waals surface area contributed by atoms with Gasteiger partial charge >= 0.3 is 5.97 Å². The van der Waals surface area contributed by atoms with Crippen LogP contribution in [0.15, 0.2) is 54.1 Å². The van der Waals surface area contributed by atoms with E-state index in [9.17, 15) is 4.79 Å². The van der Waals surface area contributed by atoms with Crippen LogP contribution in [0.2, 0.25) is 0 Å². The van der Waals surface area contributed by atoms with Crippen LogP contribution in [0.3, 0.4) is 0 Å². The number of carbonyl (C=O) groups is 1. The van der Waals surface area contributed by atoms with Crippen molar-refractivity contribution < 1.29 is 14.3 Å². The van der Waals surface area contributed by atoms with Crippen LogP contribution in [-0.2, 0) is 20.9 Å². The summed E-state index contributed by atoms with van der Waals surface area (Å²) in [4.78, 5) is 11.1. The highest BCUT2D eigenvalue weighted by molar-refractivity contribution is 5.82. The standard InChI is InChI=1S/C17H22O3/c1-3-20-17(18)12-11-15(2)8-7-13-19-14-16-9-5-4-6-10-16/h4-6,8-12H,3,7,13-14H2,1-2H3/b12-11+,15-8+. The van der Waals surface area contributed by atoms with Gasteiger partial charge in [0.05, 0.1) is 19.8 Å². The van der Waals surface area contributed by atoms with Gasteiger partial charge in [-0.15, -0.1) is 0 Å². The Kier molecular flexibility index (Phi) is 8.08. The fourth-order valence-corrected chi connectivity index (χ4v) is 1.59. The first-order valence-electron chi connectivity index (χ1n) is 6.85. The van der Waals surface area contributed by atoms with Gasteiger partial charge in [0, 0.05) is 6.08 Å². The Morgan fingerprint density at radius 1 is 1.20 bits per heavy atom. The van der Waals surface area contributed by atoms with Crippen molar-refractivity contribution >= 4 is 5.97 Å². The van der Waals surface area contributed by atoms with Gasteiger partial charge in [0.15, 0.2) is 0 Å². The van der Waals surface area contributed by atoms with Crippen molar-refractivity contribution in [3.63, 3.8) is 0 Å². The maximum atomic E-state index is 11.1. The average Bonchev–Trinajstić information content (AvgIpc) is 2.46. The van der Waals surface area contributed by atoms with Crippen molar-refractivity contribution in [3.05, 3.63) is 59.7 Å². The predicted molar refractivity (Wildman–Crippen MR) is 80.2 cm³/mol. The highest BCUT2D eigenvalue weighted by Gasteiger charge is 1.93. The molecule has 1 aromatic carbocycles. The highest BCUT2D eigenvalue weighted by Crippen LogP contribution is 2.02. The molecule has 108 valence electrons. The lowest BCUT2D eigenvalue weighted by Gasteiger charge is -2.02. The average molecular weight is 274 g/mol. The Balaban J connectivity index is 2.19.